The van der Waals surface area contributed by atoms with Gasteiger partial charge < -0.3 is 9.47 Å². The van der Waals surface area contributed by atoms with Crippen LogP contribution < -0.4 is 0 Å². The fourth-order valence-corrected chi connectivity index (χ4v) is 3.28. The zero-order chi connectivity index (χ0) is 14.2. The van der Waals surface area contributed by atoms with Crippen LogP contribution in [0.25, 0.3) is 0 Å². The van der Waals surface area contributed by atoms with Crippen LogP contribution >= 0.6 is 0 Å². The van der Waals surface area contributed by atoms with Crippen molar-refractivity contribution < 1.29 is 14.3 Å². The molecule has 2 saturated carbocycles. The van der Waals surface area contributed by atoms with Crippen LogP contribution in [0.2, 0.25) is 0 Å². The van der Waals surface area contributed by atoms with Crippen molar-refractivity contribution in [3.63, 3.8) is 0 Å². The SMILES string of the molecule is COC(=O)OC(C#CC1CCCCC1)C1CCCCC1. The summed E-state index contributed by atoms with van der Waals surface area (Å²) in [5, 5.41) is 0. The Balaban J connectivity index is 1.97. The molecule has 0 heterocycles. The number of ether oxygens (including phenoxy) is 2. The molecule has 2 rings (SSSR count). The predicted octanol–water partition coefficient (Wildman–Crippen LogP) is 4.30. The molecule has 0 aromatic carbocycles. The van der Waals surface area contributed by atoms with Gasteiger partial charge in [0.15, 0.2) is 6.10 Å². The molecule has 2 aliphatic rings. The fraction of sp³-hybridized carbons (Fsp3) is 0.824. The van der Waals surface area contributed by atoms with E-state index in [9.17, 15) is 4.79 Å². The molecule has 0 N–H and O–H groups in total. The average molecular weight is 278 g/mol. The van der Waals surface area contributed by atoms with E-state index < -0.39 is 6.16 Å². The Morgan fingerprint density at radius 2 is 1.60 bits per heavy atom. The minimum absolute atomic E-state index is 0.273. The third-order valence-corrected chi connectivity index (χ3v) is 4.50. The molecule has 3 heteroatoms. The van der Waals surface area contributed by atoms with Crippen molar-refractivity contribution in [1.29, 1.82) is 0 Å². The number of hydrogen-bond donors (Lipinski definition) is 0. The first-order valence-corrected chi connectivity index (χ1v) is 8.05. The van der Waals surface area contributed by atoms with E-state index in [1.54, 1.807) is 0 Å². The lowest BCUT2D eigenvalue weighted by Crippen LogP contribution is -2.27. The maximum Gasteiger partial charge on any atom is 0.509 e. The average Bonchev–Trinajstić information content (AvgIpc) is 2.53. The molecule has 0 radical (unpaired) electrons. The van der Waals surface area contributed by atoms with E-state index in [0.717, 1.165) is 12.8 Å². The fourth-order valence-electron chi connectivity index (χ4n) is 3.28. The van der Waals surface area contributed by atoms with Crippen LogP contribution in [0, 0.1) is 23.7 Å². The van der Waals surface area contributed by atoms with Gasteiger partial charge in [-0.3, -0.25) is 0 Å². The third-order valence-electron chi connectivity index (χ3n) is 4.50. The lowest BCUT2D eigenvalue weighted by Gasteiger charge is -2.26. The molecule has 1 unspecified atom stereocenters. The molecule has 0 aromatic heterocycles. The van der Waals surface area contributed by atoms with Gasteiger partial charge in [0.05, 0.1) is 7.11 Å². The highest BCUT2D eigenvalue weighted by molar-refractivity contribution is 5.60. The largest absolute Gasteiger partial charge is 0.509 e. The molecular weight excluding hydrogens is 252 g/mol. The summed E-state index contributed by atoms with van der Waals surface area (Å²) in [6.45, 7) is 0. The molecule has 0 spiro atoms. The molecule has 2 fully saturated rings. The Morgan fingerprint density at radius 3 is 2.20 bits per heavy atom. The van der Waals surface area contributed by atoms with Gasteiger partial charge in [-0.25, -0.2) is 4.79 Å². The van der Waals surface area contributed by atoms with Crippen LogP contribution in [0.1, 0.15) is 64.2 Å². The number of hydrogen-bond acceptors (Lipinski definition) is 3. The second-order valence-electron chi connectivity index (χ2n) is 6.01. The molecule has 112 valence electrons. The van der Waals surface area contributed by atoms with Gasteiger partial charge in [0.1, 0.15) is 0 Å². The molecule has 0 aliphatic heterocycles. The molecular formula is C17H26O3. The van der Waals surface area contributed by atoms with Crippen LogP contribution in [0.5, 0.6) is 0 Å². The van der Waals surface area contributed by atoms with Crippen LogP contribution in [-0.4, -0.2) is 19.4 Å². The molecule has 20 heavy (non-hydrogen) atoms. The summed E-state index contributed by atoms with van der Waals surface area (Å²) in [6.07, 6.45) is 11.4. The zero-order valence-electron chi connectivity index (χ0n) is 12.5. The second-order valence-corrected chi connectivity index (χ2v) is 6.01. The maximum absolute atomic E-state index is 11.4. The monoisotopic (exact) mass is 278 g/mol. The number of methoxy groups -OCH3 is 1. The quantitative estimate of drug-likeness (QED) is 0.558. The number of rotatable bonds is 2. The standard InChI is InChI=1S/C17H26O3/c1-19-17(18)20-16(15-10-6-3-7-11-15)13-12-14-8-4-2-5-9-14/h14-16H,2-11H2,1H3. The first kappa shape index (κ1) is 15.2. The van der Waals surface area contributed by atoms with Gasteiger partial charge in [0.25, 0.3) is 0 Å². The minimum atomic E-state index is -0.599. The Kier molecular flexibility index (Phi) is 6.24. The molecule has 0 amide bonds. The van der Waals surface area contributed by atoms with E-state index in [2.05, 4.69) is 16.6 Å². The Morgan fingerprint density at radius 1 is 1.00 bits per heavy atom. The third kappa shape index (κ3) is 4.74. The van der Waals surface area contributed by atoms with E-state index in [-0.39, 0.29) is 6.10 Å². The molecule has 0 bridgehead atoms. The van der Waals surface area contributed by atoms with E-state index in [1.165, 1.54) is 58.5 Å². The van der Waals surface area contributed by atoms with Crippen LogP contribution in [0.4, 0.5) is 4.79 Å². The summed E-state index contributed by atoms with van der Waals surface area (Å²) < 4.78 is 10.0. The summed E-state index contributed by atoms with van der Waals surface area (Å²) in [4.78, 5) is 11.4. The van der Waals surface area contributed by atoms with Crippen molar-refractivity contribution in [2.75, 3.05) is 7.11 Å². The first-order valence-electron chi connectivity index (χ1n) is 8.05. The van der Waals surface area contributed by atoms with Crippen LogP contribution in [-0.2, 0) is 9.47 Å². The summed E-state index contributed by atoms with van der Waals surface area (Å²) in [7, 11) is 1.36. The van der Waals surface area contributed by atoms with Crippen molar-refractivity contribution in [3.05, 3.63) is 0 Å². The molecule has 1 atom stereocenters. The Labute approximate surface area is 122 Å². The van der Waals surface area contributed by atoms with Gasteiger partial charge in [0, 0.05) is 11.8 Å². The minimum Gasteiger partial charge on any atom is -0.438 e. The van der Waals surface area contributed by atoms with E-state index in [4.69, 9.17) is 4.74 Å². The lowest BCUT2D eigenvalue weighted by atomic mass is 9.84. The predicted molar refractivity (Wildman–Crippen MR) is 78.2 cm³/mol. The van der Waals surface area contributed by atoms with Gasteiger partial charge in [-0.05, 0) is 25.7 Å². The van der Waals surface area contributed by atoms with E-state index in [0.29, 0.717) is 11.8 Å². The molecule has 0 aromatic rings. The maximum atomic E-state index is 11.4. The summed E-state index contributed by atoms with van der Waals surface area (Å²) in [6, 6.07) is 0. The highest BCUT2D eigenvalue weighted by Gasteiger charge is 2.26. The Bertz CT molecular complexity index is 354. The van der Waals surface area contributed by atoms with Gasteiger partial charge in [-0.1, -0.05) is 50.4 Å². The van der Waals surface area contributed by atoms with Gasteiger partial charge in [0.2, 0.25) is 0 Å². The van der Waals surface area contributed by atoms with Crippen molar-refractivity contribution >= 4 is 6.16 Å². The van der Waals surface area contributed by atoms with Crippen LogP contribution in [0.15, 0.2) is 0 Å². The van der Waals surface area contributed by atoms with Gasteiger partial charge >= 0.3 is 6.16 Å². The summed E-state index contributed by atoms with van der Waals surface area (Å²) in [5.74, 6) is 7.50. The summed E-state index contributed by atoms with van der Waals surface area (Å²) >= 11 is 0. The zero-order valence-corrected chi connectivity index (χ0v) is 12.5. The highest BCUT2D eigenvalue weighted by Crippen LogP contribution is 2.28. The number of carbonyl (C=O) groups excluding carboxylic acids is 1. The van der Waals surface area contributed by atoms with Crippen molar-refractivity contribution in [3.8, 4) is 11.8 Å². The second kappa shape index (κ2) is 8.19. The van der Waals surface area contributed by atoms with Gasteiger partial charge in [-0.15, -0.1) is 0 Å². The van der Waals surface area contributed by atoms with E-state index >= 15 is 0 Å². The molecule has 2 aliphatic carbocycles. The Hall–Kier alpha value is -1.17. The summed E-state index contributed by atoms with van der Waals surface area (Å²) in [5.41, 5.74) is 0. The van der Waals surface area contributed by atoms with Crippen LogP contribution in [0.3, 0.4) is 0 Å². The first-order chi connectivity index (χ1) is 9.79. The molecule has 3 nitrogen and oxygen atoms in total. The van der Waals surface area contributed by atoms with E-state index in [1.807, 2.05) is 0 Å². The van der Waals surface area contributed by atoms with Gasteiger partial charge in [-0.2, -0.15) is 0 Å². The molecule has 0 saturated heterocycles. The lowest BCUT2D eigenvalue weighted by molar-refractivity contribution is 0.0290. The number of carbonyl (C=O) groups is 1. The smallest absolute Gasteiger partial charge is 0.438 e. The topological polar surface area (TPSA) is 35.5 Å². The van der Waals surface area contributed by atoms with Crippen molar-refractivity contribution in [2.45, 2.75) is 70.3 Å². The van der Waals surface area contributed by atoms with Crippen molar-refractivity contribution in [1.82, 2.24) is 0 Å². The van der Waals surface area contributed by atoms with Crippen molar-refractivity contribution in [2.24, 2.45) is 11.8 Å². The highest BCUT2D eigenvalue weighted by atomic mass is 16.7. The normalized spacial score (nSPS) is 22.4.